The van der Waals surface area contributed by atoms with Gasteiger partial charge in [0.2, 0.25) is 0 Å². The SMILES string of the molecule is Cc1ccccc1N(C)C1CCN(CCCN(C(=O)c2cccs2)c2nc(-c3cc4ccccc4o3)cs2)C1. The summed E-state index contributed by atoms with van der Waals surface area (Å²) in [7, 11) is 2.21. The van der Waals surface area contributed by atoms with Gasteiger partial charge in [-0.2, -0.15) is 0 Å². The fourth-order valence-corrected chi connectivity index (χ4v) is 6.88. The van der Waals surface area contributed by atoms with Crippen molar-refractivity contribution in [2.45, 2.75) is 25.8 Å². The lowest BCUT2D eigenvalue weighted by molar-refractivity contribution is 0.0989. The van der Waals surface area contributed by atoms with Crippen LogP contribution in [0, 0.1) is 6.92 Å². The van der Waals surface area contributed by atoms with Gasteiger partial charge in [0, 0.05) is 49.2 Å². The summed E-state index contributed by atoms with van der Waals surface area (Å²) in [6, 6.07) is 22.9. The maximum atomic E-state index is 13.5. The molecule has 1 amide bonds. The number of furan rings is 1. The van der Waals surface area contributed by atoms with E-state index in [4.69, 9.17) is 9.40 Å². The van der Waals surface area contributed by atoms with E-state index in [9.17, 15) is 4.79 Å². The molecular weight excluding hydrogens is 525 g/mol. The van der Waals surface area contributed by atoms with Gasteiger partial charge in [-0.15, -0.1) is 22.7 Å². The van der Waals surface area contributed by atoms with E-state index in [1.807, 2.05) is 58.1 Å². The molecule has 0 aliphatic carbocycles. The summed E-state index contributed by atoms with van der Waals surface area (Å²) in [6.45, 7) is 5.87. The van der Waals surface area contributed by atoms with Crippen LogP contribution < -0.4 is 9.80 Å². The number of aryl methyl sites for hydroxylation is 1. The van der Waals surface area contributed by atoms with Crippen molar-refractivity contribution in [2.75, 3.05) is 43.0 Å². The zero-order valence-electron chi connectivity index (χ0n) is 22.2. The zero-order valence-corrected chi connectivity index (χ0v) is 23.9. The maximum absolute atomic E-state index is 13.5. The summed E-state index contributed by atoms with van der Waals surface area (Å²) in [5.41, 5.74) is 4.22. The highest BCUT2D eigenvalue weighted by atomic mass is 32.1. The van der Waals surface area contributed by atoms with Crippen molar-refractivity contribution in [1.29, 1.82) is 0 Å². The van der Waals surface area contributed by atoms with Crippen molar-refractivity contribution in [1.82, 2.24) is 9.88 Å². The molecule has 0 N–H and O–H groups in total. The lowest BCUT2D eigenvalue weighted by atomic mass is 10.1. The number of hydrogen-bond donors (Lipinski definition) is 0. The Balaban J connectivity index is 1.13. The number of aromatic nitrogens is 1. The maximum Gasteiger partial charge on any atom is 0.270 e. The molecule has 6 nitrogen and oxygen atoms in total. The molecule has 0 saturated carbocycles. The van der Waals surface area contributed by atoms with Crippen molar-refractivity contribution in [3.63, 3.8) is 0 Å². The number of benzene rings is 2. The largest absolute Gasteiger partial charge is 0.454 e. The first-order valence-corrected chi connectivity index (χ1v) is 15.1. The number of carbonyl (C=O) groups excluding carboxylic acids is 1. The number of likely N-dealkylation sites (tertiary alicyclic amines) is 1. The summed E-state index contributed by atoms with van der Waals surface area (Å²) in [5, 5.41) is 5.68. The second-order valence-corrected chi connectivity index (χ2v) is 11.9. The predicted octanol–water partition coefficient (Wildman–Crippen LogP) is 7.17. The Bertz CT molecular complexity index is 1520. The molecule has 0 bridgehead atoms. The fourth-order valence-electron chi connectivity index (χ4n) is 5.37. The number of fused-ring (bicyclic) bond motifs is 1. The van der Waals surface area contributed by atoms with E-state index in [-0.39, 0.29) is 5.91 Å². The lowest BCUT2D eigenvalue weighted by Crippen LogP contribution is -2.36. The quantitative estimate of drug-likeness (QED) is 0.193. The van der Waals surface area contributed by atoms with E-state index in [1.54, 1.807) is 0 Å². The second kappa shape index (κ2) is 11.3. The van der Waals surface area contributed by atoms with E-state index in [0.29, 0.717) is 17.7 Å². The van der Waals surface area contributed by atoms with Crippen molar-refractivity contribution >= 4 is 50.4 Å². The summed E-state index contributed by atoms with van der Waals surface area (Å²) < 4.78 is 6.03. The Morgan fingerprint density at radius 2 is 1.95 bits per heavy atom. The van der Waals surface area contributed by atoms with Gasteiger partial charge in [0.1, 0.15) is 11.3 Å². The summed E-state index contributed by atoms with van der Waals surface area (Å²) >= 11 is 2.96. The molecule has 1 unspecified atom stereocenters. The highest BCUT2D eigenvalue weighted by Crippen LogP contribution is 2.33. The third-order valence-corrected chi connectivity index (χ3v) is 9.25. The lowest BCUT2D eigenvalue weighted by Gasteiger charge is -2.28. The first-order chi connectivity index (χ1) is 19.1. The van der Waals surface area contributed by atoms with Gasteiger partial charge < -0.3 is 14.2 Å². The molecule has 0 spiro atoms. The smallest absolute Gasteiger partial charge is 0.270 e. The highest BCUT2D eigenvalue weighted by Gasteiger charge is 2.27. The molecule has 1 aliphatic rings. The molecule has 8 heteroatoms. The third-order valence-electron chi connectivity index (χ3n) is 7.52. The third kappa shape index (κ3) is 5.50. The normalized spacial score (nSPS) is 15.7. The van der Waals surface area contributed by atoms with Gasteiger partial charge in [-0.05, 0) is 61.5 Å². The van der Waals surface area contributed by atoms with Crippen LogP contribution in [0.25, 0.3) is 22.4 Å². The highest BCUT2D eigenvalue weighted by molar-refractivity contribution is 7.14. The van der Waals surface area contributed by atoms with Gasteiger partial charge in [-0.3, -0.25) is 9.69 Å². The topological polar surface area (TPSA) is 52.8 Å². The van der Waals surface area contributed by atoms with Crippen molar-refractivity contribution in [2.24, 2.45) is 0 Å². The molecule has 1 aliphatic heterocycles. The van der Waals surface area contributed by atoms with E-state index >= 15 is 0 Å². The van der Waals surface area contributed by atoms with E-state index in [1.165, 1.54) is 33.9 Å². The van der Waals surface area contributed by atoms with Crippen LogP contribution in [0.2, 0.25) is 0 Å². The fraction of sp³-hybridized carbons (Fsp3) is 0.290. The molecule has 39 heavy (non-hydrogen) atoms. The second-order valence-electron chi connectivity index (χ2n) is 10.1. The number of carbonyl (C=O) groups is 1. The van der Waals surface area contributed by atoms with Crippen LogP contribution in [0.4, 0.5) is 10.8 Å². The van der Waals surface area contributed by atoms with Crippen LogP contribution in [-0.4, -0.2) is 55.1 Å². The molecule has 1 fully saturated rings. The number of para-hydroxylation sites is 2. The molecule has 1 saturated heterocycles. The van der Waals surface area contributed by atoms with Gasteiger partial charge in [-0.1, -0.05) is 42.5 Å². The van der Waals surface area contributed by atoms with Crippen LogP contribution >= 0.6 is 22.7 Å². The van der Waals surface area contributed by atoms with Gasteiger partial charge >= 0.3 is 0 Å². The van der Waals surface area contributed by atoms with Gasteiger partial charge in [0.05, 0.1) is 4.88 Å². The molecule has 2 aromatic carbocycles. The number of hydrogen-bond acceptors (Lipinski definition) is 7. The molecule has 6 rings (SSSR count). The minimum atomic E-state index is 0.00842. The Morgan fingerprint density at radius 3 is 2.77 bits per heavy atom. The minimum absolute atomic E-state index is 0.00842. The summed E-state index contributed by atoms with van der Waals surface area (Å²) in [6.07, 6.45) is 2.04. The molecule has 4 heterocycles. The van der Waals surface area contributed by atoms with Gasteiger partial charge in [0.15, 0.2) is 10.9 Å². The van der Waals surface area contributed by atoms with Crippen LogP contribution in [0.3, 0.4) is 0 Å². The molecule has 5 aromatic rings. The monoisotopic (exact) mass is 556 g/mol. The number of rotatable bonds is 9. The summed E-state index contributed by atoms with van der Waals surface area (Å²) in [5.74, 6) is 0.734. The number of thiophene rings is 1. The summed E-state index contributed by atoms with van der Waals surface area (Å²) in [4.78, 5) is 25.9. The standard InChI is InChI=1S/C31H32N4O2S2/c1-22-9-3-5-11-26(22)33(2)24-14-17-34(20-24)15-8-16-35(30(36)29-13-7-18-38-29)31-32-25(21-39-31)28-19-23-10-4-6-12-27(23)37-28/h3-7,9-13,18-19,21,24H,8,14-17,20H2,1-2H3. The number of thiazole rings is 1. The van der Waals surface area contributed by atoms with E-state index < -0.39 is 0 Å². The number of amides is 1. The molecule has 3 aromatic heterocycles. The Labute approximate surface area is 237 Å². The van der Waals surface area contributed by atoms with Crippen molar-refractivity contribution in [3.8, 4) is 11.5 Å². The Hall–Kier alpha value is -3.46. The minimum Gasteiger partial charge on any atom is -0.454 e. The average Bonchev–Trinajstić information content (AvgIpc) is 3.77. The molecular formula is C31H32N4O2S2. The number of nitrogens with zero attached hydrogens (tertiary/aromatic N) is 4. The van der Waals surface area contributed by atoms with Gasteiger partial charge in [-0.25, -0.2) is 4.98 Å². The van der Waals surface area contributed by atoms with Crippen molar-refractivity contribution in [3.05, 3.63) is 87.9 Å². The van der Waals surface area contributed by atoms with Crippen LogP contribution in [0.1, 0.15) is 28.1 Å². The van der Waals surface area contributed by atoms with Crippen LogP contribution in [-0.2, 0) is 0 Å². The first-order valence-electron chi connectivity index (χ1n) is 13.4. The zero-order chi connectivity index (χ0) is 26.8. The van der Waals surface area contributed by atoms with E-state index in [2.05, 4.69) is 48.0 Å². The first kappa shape index (κ1) is 25.8. The Kier molecular flexibility index (Phi) is 7.50. The number of anilines is 2. The molecule has 200 valence electrons. The molecule has 0 radical (unpaired) electrons. The molecule has 1 atom stereocenters. The van der Waals surface area contributed by atoms with Crippen LogP contribution in [0.15, 0.2) is 81.9 Å². The van der Waals surface area contributed by atoms with E-state index in [0.717, 1.165) is 59.8 Å². The van der Waals surface area contributed by atoms with Gasteiger partial charge in [0.25, 0.3) is 5.91 Å². The average molecular weight is 557 g/mol. The predicted molar refractivity (Wildman–Crippen MR) is 162 cm³/mol. The number of likely N-dealkylation sites (N-methyl/N-ethyl adjacent to an activating group) is 1. The Morgan fingerprint density at radius 1 is 1.10 bits per heavy atom. The van der Waals surface area contributed by atoms with Crippen molar-refractivity contribution < 1.29 is 9.21 Å². The van der Waals surface area contributed by atoms with Crippen LogP contribution in [0.5, 0.6) is 0 Å².